The standard InChI is InChI=1S/C24H19N3O4S/c28-21(25-23(29)18-10-5-2-6-11-18)16-31-24(30)19-15-27(14-17-8-3-1-4-9-17)26-22(19)20-12-7-13-32-20/h1-13,15H,14,16H2,(H,25,28,29). The van der Waals surface area contributed by atoms with Crippen LogP contribution in [-0.2, 0) is 16.1 Å². The first-order valence-corrected chi connectivity index (χ1v) is 10.7. The molecule has 0 aliphatic carbocycles. The van der Waals surface area contributed by atoms with Gasteiger partial charge < -0.3 is 4.74 Å². The number of nitrogens with zero attached hydrogens (tertiary/aromatic N) is 2. The number of hydrogen-bond donors (Lipinski definition) is 1. The lowest BCUT2D eigenvalue weighted by atomic mass is 10.2. The quantitative estimate of drug-likeness (QED) is 0.437. The van der Waals surface area contributed by atoms with Crippen LogP contribution >= 0.6 is 11.3 Å². The van der Waals surface area contributed by atoms with Gasteiger partial charge in [0.25, 0.3) is 11.8 Å². The van der Waals surface area contributed by atoms with Crippen LogP contribution in [0.3, 0.4) is 0 Å². The van der Waals surface area contributed by atoms with E-state index in [-0.39, 0.29) is 5.56 Å². The Hall–Kier alpha value is -4.04. The minimum Gasteiger partial charge on any atom is -0.452 e. The van der Waals surface area contributed by atoms with Gasteiger partial charge in [0.15, 0.2) is 6.61 Å². The molecule has 7 nitrogen and oxygen atoms in total. The van der Waals surface area contributed by atoms with Crippen LogP contribution in [0.15, 0.2) is 84.4 Å². The molecular formula is C24H19N3O4S. The Bertz CT molecular complexity index is 1220. The van der Waals surface area contributed by atoms with Crippen molar-refractivity contribution in [2.24, 2.45) is 0 Å². The zero-order valence-corrected chi connectivity index (χ0v) is 17.7. The molecule has 0 atom stereocenters. The van der Waals surface area contributed by atoms with E-state index in [2.05, 4.69) is 10.4 Å². The second-order valence-electron chi connectivity index (χ2n) is 6.87. The van der Waals surface area contributed by atoms with Crippen molar-refractivity contribution in [3.8, 4) is 10.6 Å². The summed E-state index contributed by atoms with van der Waals surface area (Å²) in [5, 5.41) is 8.66. The van der Waals surface area contributed by atoms with Gasteiger partial charge in [-0.2, -0.15) is 5.10 Å². The van der Waals surface area contributed by atoms with Crippen molar-refractivity contribution in [2.75, 3.05) is 6.61 Å². The lowest BCUT2D eigenvalue weighted by Crippen LogP contribution is -2.34. The summed E-state index contributed by atoms with van der Waals surface area (Å²) >= 11 is 1.45. The molecule has 0 unspecified atom stereocenters. The molecule has 160 valence electrons. The Kier molecular flexibility index (Phi) is 6.52. The molecule has 8 heteroatoms. The number of imide groups is 1. The molecule has 4 aromatic rings. The summed E-state index contributed by atoms with van der Waals surface area (Å²) < 4.78 is 6.84. The molecule has 0 spiro atoms. The predicted molar refractivity (Wildman–Crippen MR) is 120 cm³/mol. The largest absolute Gasteiger partial charge is 0.452 e. The van der Waals surface area contributed by atoms with E-state index in [4.69, 9.17) is 4.74 Å². The number of nitrogens with one attached hydrogen (secondary N) is 1. The maximum atomic E-state index is 12.8. The third-order valence-electron chi connectivity index (χ3n) is 4.55. The second-order valence-corrected chi connectivity index (χ2v) is 7.82. The van der Waals surface area contributed by atoms with Gasteiger partial charge in [-0.3, -0.25) is 19.6 Å². The van der Waals surface area contributed by atoms with Crippen LogP contribution in [0.1, 0.15) is 26.3 Å². The molecule has 2 heterocycles. The zero-order chi connectivity index (χ0) is 22.3. The number of carbonyl (C=O) groups excluding carboxylic acids is 3. The first-order chi connectivity index (χ1) is 15.6. The summed E-state index contributed by atoms with van der Waals surface area (Å²) in [5.74, 6) is -1.95. The lowest BCUT2D eigenvalue weighted by molar-refractivity contribution is -0.123. The highest BCUT2D eigenvalue weighted by Crippen LogP contribution is 2.27. The maximum Gasteiger partial charge on any atom is 0.342 e. The monoisotopic (exact) mass is 445 g/mol. The van der Waals surface area contributed by atoms with Gasteiger partial charge in [0.1, 0.15) is 11.3 Å². The molecule has 2 aromatic carbocycles. The molecular weight excluding hydrogens is 426 g/mol. The van der Waals surface area contributed by atoms with E-state index in [1.54, 1.807) is 41.2 Å². The number of rotatable bonds is 7. The molecule has 4 rings (SSSR count). The van der Waals surface area contributed by atoms with Crippen LogP contribution in [0.4, 0.5) is 0 Å². The Morgan fingerprint density at radius 2 is 1.66 bits per heavy atom. The van der Waals surface area contributed by atoms with Crippen LogP contribution < -0.4 is 5.32 Å². The summed E-state index contributed by atoms with van der Waals surface area (Å²) in [7, 11) is 0. The van der Waals surface area contributed by atoms with Crippen LogP contribution in [0, 0.1) is 0 Å². The van der Waals surface area contributed by atoms with Crippen molar-refractivity contribution >= 4 is 29.1 Å². The summed E-state index contributed by atoms with van der Waals surface area (Å²) in [4.78, 5) is 37.7. The number of hydrogen-bond acceptors (Lipinski definition) is 6. The number of aromatic nitrogens is 2. The summed E-state index contributed by atoms with van der Waals surface area (Å²) in [5.41, 5.74) is 2.12. The third kappa shape index (κ3) is 5.16. The Labute approximate surface area is 188 Å². The van der Waals surface area contributed by atoms with Gasteiger partial charge >= 0.3 is 5.97 Å². The fourth-order valence-electron chi connectivity index (χ4n) is 3.05. The van der Waals surface area contributed by atoms with Crippen molar-refractivity contribution in [3.05, 3.63) is 101 Å². The van der Waals surface area contributed by atoms with Gasteiger partial charge in [-0.05, 0) is 29.1 Å². The van der Waals surface area contributed by atoms with Crippen LogP contribution in [0.2, 0.25) is 0 Å². The van der Waals surface area contributed by atoms with E-state index in [1.165, 1.54) is 11.3 Å². The first-order valence-electron chi connectivity index (χ1n) is 9.82. The normalized spacial score (nSPS) is 10.5. The van der Waals surface area contributed by atoms with Crippen LogP contribution in [0.25, 0.3) is 10.6 Å². The van der Waals surface area contributed by atoms with Gasteiger partial charge in [0.2, 0.25) is 0 Å². The van der Waals surface area contributed by atoms with E-state index < -0.39 is 24.4 Å². The highest BCUT2D eigenvalue weighted by Gasteiger charge is 2.21. The van der Waals surface area contributed by atoms with Crippen LogP contribution in [0.5, 0.6) is 0 Å². The van der Waals surface area contributed by atoms with E-state index in [0.29, 0.717) is 17.8 Å². The maximum absolute atomic E-state index is 12.8. The fourth-order valence-corrected chi connectivity index (χ4v) is 3.77. The molecule has 0 radical (unpaired) electrons. The first kappa shape index (κ1) is 21.2. The summed E-state index contributed by atoms with van der Waals surface area (Å²) in [6.07, 6.45) is 1.61. The minimum atomic E-state index is -0.707. The van der Waals surface area contributed by atoms with Crippen molar-refractivity contribution in [1.82, 2.24) is 15.1 Å². The van der Waals surface area contributed by atoms with Crippen molar-refractivity contribution in [3.63, 3.8) is 0 Å². The fraction of sp³-hybridized carbons (Fsp3) is 0.0833. The molecule has 2 aromatic heterocycles. The third-order valence-corrected chi connectivity index (χ3v) is 5.42. The lowest BCUT2D eigenvalue weighted by Gasteiger charge is -2.05. The van der Waals surface area contributed by atoms with E-state index in [1.807, 2.05) is 47.8 Å². The van der Waals surface area contributed by atoms with Gasteiger partial charge in [-0.15, -0.1) is 11.3 Å². The van der Waals surface area contributed by atoms with Gasteiger partial charge in [-0.1, -0.05) is 54.6 Å². The number of esters is 1. The van der Waals surface area contributed by atoms with E-state index in [9.17, 15) is 14.4 Å². The molecule has 0 bridgehead atoms. The summed E-state index contributed by atoms with van der Waals surface area (Å²) in [6.45, 7) is -0.0935. The number of amides is 2. The molecule has 2 amide bonds. The highest BCUT2D eigenvalue weighted by atomic mass is 32.1. The van der Waals surface area contributed by atoms with Gasteiger partial charge in [0.05, 0.1) is 11.4 Å². The molecule has 0 saturated heterocycles. The zero-order valence-electron chi connectivity index (χ0n) is 16.9. The molecule has 0 aliphatic rings. The van der Waals surface area contributed by atoms with E-state index >= 15 is 0 Å². The van der Waals surface area contributed by atoms with Crippen molar-refractivity contribution in [2.45, 2.75) is 6.54 Å². The smallest absolute Gasteiger partial charge is 0.342 e. The van der Waals surface area contributed by atoms with Crippen LogP contribution in [-0.4, -0.2) is 34.2 Å². The number of ether oxygens (including phenoxy) is 1. The molecule has 0 fully saturated rings. The molecule has 1 N–H and O–H groups in total. The second kappa shape index (κ2) is 9.84. The Morgan fingerprint density at radius 3 is 2.34 bits per heavy atom. The Balaban J connectivity index is 1.45. The Morgan fingerprint density at radius 1 is 0.938 bits per heavy atom. The average Bonchev–Trinajstić information content (AvgIpc) is 3.49. The minimum absolute atomic E-state index is 0.255. The molecule has 0 aliphatic heterocycles. The SMILES string of the molecule is O=C(COC(=O)c1cn(Cc2ccccc2)nc1-c1cccs1)NC(=O)c1ccccc1. The van der Waals surface area contributed by atoms with Crippen molar-refractivity contribution in [1.29, 1.82) is 0 Å². The van der Waals surface area contributed by atoms with Crippen molar-refractivity contribution < 1.29 is 19.1 Å². The van der Waals surface area contributed by atoms with E-state index in [0.717, 1.165) is 10.4 Å². The topological polar surface area (TPSA) is 90.3 Å². The highest BCUT2D eigenvalue weighted by molar-refractivity contribution is 7.13. The number of thiophene rings is 1. The predicted octanol–water partition coefficient (Wildman–Crippen LogP) is 3.77. The number of carbonyl (C=O) groups is 3. The van der Waals surface area contributed by atoms with Gasteiger partial charge in [-0.25, -0.2) is 4.79 Å². The number of benzene rings is 2. The molecule has 0 saturated carbocycles. The van der Waals surface area contributed by atoms with Gasteiger partial charge in [0, 0.05) is 11.8 Å². The molecule has 32 heavy (non-hydrogen) atoms. The summed E-state index contributed by atoms with van der Waals surface area (Å²) in [6, 6.07) is 21.8. The average molecular weight is 446 g/mol.